The van der Waals surface area contributed by atoms with Gasteiger partial charge in [0.25, 0.3) is 0 Å². The van der Waals surface area contributed by atoms with Gasteiger partial charge in [-0.25, -0.2) is 0 Å². The first-order valence-electron chi connectivity index (χ1n) is 49.4. The Hall–Kier alpha value is -13.9. The molecule has 0 radical (unpaired) electrons. The average molecular weight is 1720 g/mol. The second-order valence-electron chi connectivity index (χ2n) is 36.9. The Morgan fingerprint density at radius 3 is 0.833 bits per heavy atom. The molecule has 2 aliphatic carbocycles. The van der Waals surface area contributed by atoms with Crippen molar-refractivity contribution in [2.24, 2.45) is 0 Å². The van der Waals surface area contributed by atoms with Gasteiger partial charge in [0.15, 0.2) is 0 Å². The highest BCUT2D eigenvalue weighted by Crippen LogP contribution is 2.56. The predicted octanol–water partition coefficient (Wildman–Crippen LogP) is 37.9. The molecule has 17 aromatic carbocycles. The molecule has 2 aliphatic rings. The largest absolute Gasteiger partial charge is 0.311 e. The topological polar surface area (TPSA) is 9.72 Å². The summed E-state index contributed by atoms with van der Waals surface area (Å²) in [6.07, 6.45) is 29.1. The molecule has 654 valence electrons. The third kappa shape index (κ3) is 19.8. The van der Waals surface area contributed by atoms with Gasteiger partial charge >= 0.3 is 0 Å². The van der Waals surface area contributed by atoms with E-state index in [2.05, 4.69) is 448 Å². The number of benzene rings is 17. The lowest BCUT2D eigenvalue weighted by Crippen LogP contribution is -2.26. The molecule has 19 rings (SSSR count). The van der Waals surface area contributed by atoms with Crippen LogP contribution in [-0.4, -0.2) is 0 Å². The van der Waals surface area contributed by atoms with Crippen molar-refractivity contribution < 1.29 is 0 Å². The fourth-order valence-corrected chi connectivity index (χ4v) is 20.8. The monoisotopic (exact) mass is 1710 g/mol. The molecule has 0 N–H and O–H groups in total. The molecule has 0 aromatic heterocycles. The van der Waals surface area contributed by atoms with Gasteiger partial charge < -0.3 is 14.7 Å². The molecule has 0 spiro atoms. The summed E-state index contributed by atoms with van der Waals surface area (Å²) < 4.78 is 0. The minimum atomic E-state index is -0.0420. The summed E-state index contributed by atoms with van der Waals surface area (Å²) in [5.74, 6) is 0. The lowest BCUT2D eigenvalue weighted by Gasteiger charge is -2.34. The molecule has 0 heterocycles. The molecule has 3 heteroatoms. The number of fused-ring (bicyclic) bond motifs is 4. The highest BCUT2D eigenvalue weighted by molar-refractivity contribution is 5.91. The third-order valence-corrected chi connectivity index (χ3v) is 28.2. The molecule has 0 aliphatic heterocycles. The van der Waals surface area contributed by atoms with Crippen LogP contribution in [0.25, 0.3) is 111 Å². The number of rotatable bonds is 39. The van der Waals surface area contributed by atoms with E-state index in [0.717, 1.165) is 75.8 Å². The predicted molar refractivity (Wildman–Crippen MR) is 566 cm³/mol. The molecular formula is C129H123N3. The van der Waals surface area contributed by atoms with Crippen molar-refractivity contribution in [3.05, 3.63) is 440 Å². The number of nitrogens with zero attached hydrogens (tertiary/aromatic N) is 3. The van der Waals surface area contributed by atoms with Crippen LogP contribution in [0.5, 0.6) is 0 Å². The Balaban J connectivity index is 0.612. The molecule has 0 fully saturated rings. The molecule has 0 atom stereocenters. The van der Waals surface area contributed by atoms with E-state index < -0.39 is 0 Å². The van der Waals surface area contributed by atoms with Gasteiger partial charge in [0.1, 0.15) is 0 Å². The van der Waals surface area contributed by atoms with E-state index in [9.17, 15) is 0 Å². The van der Waals surface area contributed by atoms with E-state index in [4.69, 9.17) is 0 Å². The highest BCUT2D eigenvalue weighted by Gasteiger charge is 2.43. The van der Waals surface area contributed by atoms with Gasteiger partial charge in [-0.15, -0.1) is 0 Å². The molecule has 132 heavy (non-hydrogen) atoms. The minimum absolute atomic E-state index is 0.0420. The van der Waals surface area contributed by atoms with E-state index in [1.807, 2.05) is 0 Å². The number of hydrogen-bond donors (Lipinski definition) is 0. The van der Waals surface area contributed by atoms with Gasteiger partial charge in [0, 0.05) is 56.6 Å². The standard InChI is InChI=1S/C129H123N3/c1-4-7-10-13-16-21-35-95-50-52-105(53-51-95)123-46-26-27-47-124(123)106-69-83-116(84-70-106)130(114-73-58-100(59-74-114)109-42-33-44-111(91-109)103-64-79-118(80-65-103)131(121-85-68-99-54-55-113(99)93-121)117-77-62-102(63-78-117)108-41-32-40-107(90-108)97-38-24-20-25-39-97)115-75-60-101(61-76-115)110-43-34-45-112(92-110)104-66-81-120(82-67-104)132(119-71-56-98(57-72-119)96-36-22-19-23-37-96)122-86-87-126-125-48-28-29-49-127(125)129(128(126)94-122,88-30-17-14-11-8-5-2)89-31-18-15-12-9-6-3/h19-20,22-29,32-34,36-53,56-87,90-94H,4-18,21,30-31,35,54-55,88-89H2,1-3H3. The van der Waals surface area contributed by atoms with Crippen molar-refractivity contribution in [3.8, 4) is 111 Å². The van der Waals surface area contributed by atoms with Crippen LogP contribution >= 0.6 is 0 Å². The van der Waals surface area contributed by atoms with Gasteiger partial charge in [0.05, 0.1) is 0 Å². The second-order valence-corrected chi connectivity index (χ2v) is 36.9. The van der Waals surface area contributed by atoms with Crippen LogP contribution in [0.1, 0.15) is 177 Å². The van der Waals surface area contributed by atoms with Gasteiger partial charge in [-0.3, -0.25) is 0 Å². The molecule has 0 unspecified atom stereocenters. The van der Waals surface area contributed by atoms with Crippen LogP contribution in [0.3, 0.4) is 0 Å². The first kappa shape index (κ1) is 87.5. The van der Waals surface area contributed by atoms with Crippen LogP contribution in [0.15, 0.2) is 413 Å². The Bertz CT molecular complexity index is 6630. The molecule has 0 amide bonds. The second kappa shape index (κ2) is 41.9. The van der Waals surface area contributed by atoms with Crippen molar-refractivity contribution in [1.82, 2.24) is 0 Å². The minimum Gasteiger partial charge on any atom is -0.311 e. The number of anilines is 9. The van der Waals surface area contributed by atoms with Crippen molar-refractivity contribution in [3.63, 3.8) is 0 Å². The van der Waals surface area contributed by atoms with Crippen LogP contribution in [0.2, 0.25) is 0 Å². The summed E-state index contributed by atoms with van der Waals surface area (Å²) >= 11 is 0. The Kier molecular flexibility index (Phi) is 27.8. The Morgan fingerprint density at radius 1 is 0.182 bits per heavy atom. The van der Waals surface area contributed by atoms with Crippen molar-refractivity contribution in [2.45, 2.75) is 174 Å². The van der Waals surface area contributed by atoms with Crippen LogP contribution < -0.4 is 14.7 Å². The fourth-order valence-electron chi connectivity index (χ4n) is 20.8. The number of hydrogen-bond acceptors (Lipinski definition) is 3. The maximum atomic E-state index is 2.61. The van der Waals surface area contributed by atoms with Crippen LogP contribution in [-0.2, 0) is 24.7 Å². The lowest BCUT2D eigenvalue weighted by atomic mass is 9.70. The molecule has 0 saturated carbocycles. The van der Waals surface area contributed by atoms with E-state index >= 15 is 0 Å². The molecule has 17 aromatic rings. The van der Waals surface area contributed by atoms with Crippen molar-refractivity contribution in [2.75, 3.05) is 14.7 Å². The molecule has 0 bridgehead atoms. The normalized spacial score (nSPS) is 12.2. The SMILES string of the molecule is CCCCCCCCc1ccc(-c2ccccc2-c2ccc(N(c3ccc(-c4cccc(-c5ccc(N(c6ccc(-c7cccc(-c8ccccc8)c7)cc6)c6ccc7c(c6)CC7)cc5)c4)cc3)c3ccc(-c4cccc(-c5ccc(N(c6ccc(-c7ccccc7)cc6)c6ccc7c(c6)C(CCCCCCCC)(CCCCCCCC)c6ccccc6-7)cc5)c4)cc3)cc2)cc1. The summed E-state index contributed by atoms with van der Waals surface area (Å²) in [4.78, 5) is 7.34. The van der Waals surface area contributed by atoms with Crippen molar-refractivity contribution in [1.29, 1.82) is 0 Å². The number of unbranched alkanes of at least 4 members (excludes halogenated alkanes) is 15. The molecule has 0 saturated heterocycles. The zero-order valence-electron chi connectivity index (χ0n) is 77.4. The smallest absolute Gasteiger partial charge is 0.0465 e. The van der Waals surface area contributed by atoms with Gasteiger partial charge in [0.2, 0.25) is 0 Å². The molecule has 3 nitrogen and oxygen atoms in total. The summed E-state index contributed by atoms with van der Waals surface area (Å²) in [5, 5.41) is 0. The van der Waals surface area contributed by atoms with Gasteiger partial charge in [-0.05, 0) is 305 Å². The average Bonchev–Trinajstić information content (AvgIpc) is 1.56. The van der Waals surface area contributed by atoms with Crippen LogP contribution in [0.4, 0.5) is 51.2 Å². The zero-order valence-corrected chi connectivity index (χ0v) is 77.4. The summed E-state index contributed by atoms with van der Waals surface area (Å²) in [7, 11) is 0. The van der Waals surface area contributed by atoms with E-state index in [-0.39, 0.29) is 5.41 Å². The highest BCUT2D eigenvalue weighted by atomic mass is 15.2. The zero-order chi connectivity index (χ0) is 89.2. The van der Waals surface area contributed by atoms with Gasteiger partial charge in [-0.2, -0.15) is 0 Å². The van der Waals surface area contributed by atoms with E-state index in [1.54, 1.807) is 0 Å². The summed E-state index contributed by atoms with van der Waals surface area (Å²) in [6.45, 7) is 6.95. The van der Waals surface area contributed by atoms with Crippen molar-refractivity contribution >= 4 is 51.2 Å². The Morgan fingerprint density at radius 2 is 0.455 bits per heavy atom. The first-order chi connectivity index (χ1) is 65.3. The first-order valence-corrected chi connectivity index (χ1v) is 49.4. The number of aryl methyl sites for hydroxylation is 3. The quantitative estimate of drug-likeness (QED) is 0.0356. The summed E-state index contributed by atoms with van der Waals surface area (Å²) in [5.41, 5.74) is 41.8. The van der Waals surface area contributed by atoms with Crippen LogP contribution in [0, 0.1) is 0 Å². The third-order valence-electron chi connectivity index (χ3n) is 28.2. The van der Waals surface area contributed by atoms with E-state index in [0.29, 0.717) is 0 Å². The fraction of sp³-hybridized carbons (Fsp3) is 0.209. The maximum absolute atomic E-state index is 2.61. The summed E-state index contributed by atoms with van der Waals surface area (Å²) in [6, 6.07) is 155. The van der Waals surface area contributed by atoms with Gasteiger partial charge in [-0.1, -0.05) is 415 Å². The Labute approximate surface area is 785 Å². The molecular weight excluding hydrogens is 1590 g/mol. The maximum Gasteiger partial charge on any atom is 0.0465 e. The lowest BCUT2D eigenvalue weighted by molar-refractivity contribution is 0.398. The van der Waals surface area contributed by atoms with E-state index in [1.165, 1.54) is 262 Å².